The molecule has 1 aliphatic heterocycles. The van der Waals surface area contributed by atoms with E-state index < -0.39 is 17.6 Å². The zero-order valence-electron chi connectivity index (χ0n) is 18.0. The molecule has 9 heteroatoms. The molecule has 0 spiro atoms. The number of benzene rings is 2. The smallest absolute Gasteiger partial charge is 0.351 e. The zero-order chi connectivity index (χ0) is 22.9. The molecule has 0 saturated carbocycles. The number of amides is 1. The van der Waals surface area contributed by atoms with Crippen molar-refractivity contribution >= 4 is 32.6 Å². The second-order valence-electron chi connectivity index (χ2n) is 8.04. The van der Waals surface area contributed by atoms with E-state index in [2.05, 4.69) is 41.1 Å². The number of halogens is 3. The Morgan fingerprint density at radius 1 is 1.09 bits per heavy atom. The molecule has 0 aliphatic carbocycles. The molecule has 0 radical (unpaired) electrons. The van der Waals surface area contributed by atoms with E-state index in [0.717, 1.165) is 49.0 Å². The minimum atomic E-state index is -4.46. The molecule has 1 N–H and O–H groups in total. The fraction of sp³-hybridized carbons (Fsp3) is 0.391. The Bertz CT molecular complexity index is 1080. The molecule has 0 unspecified atom stereocenters. The number of carbonyl (C=O) groups is 1. The summed E-state index contributed by atoms with van der Waals surface area (Å²) in [5, 5.41) is 3.76. The van der Waals surface area contributed by atoms with Crippen molar-refractivity contribution in [2.24, 2.45) is 0 Å². The lowest BCUT2D eigenvalue weighted by Gasteiger charge is -2.34. The number of anilines is 1. The van der Waals surface area contributed by atoms with Crippen LogP contribution in [0.5, 0.6) is 0 Å². The van der Waals surface area contributed by atoms with Crippen molar-refractivity contribution < 1.29 is 18.0 Å². The highest BCUT2D eigenvalue weighted by atomic mass is 32.1. The van der Waals surface area contributed by atoms with E-state index in [-0.39, 0.29) is 5.56 Å². The van der Waals surface area contributed by atoms with Crippen LogP contribution in [0.15, 0.2) is 36.4 Å². The molecule has 1 aliphatic rings. The summed E-state index contributed by atoms with van der Waals surface area (Å²) in [7, 11) is 0. The fourth-order valence-electron chi connectivity index (χ4n) is 3.81. The Balaban J connectivity index is 1.27. The number of alkyl halides is 3. The SMILES string of the molecule is Cc1ccc(C)c2sc(N3CCN(CCNC(=O)c4cccc(C(F)(F)F)c4)CC3)nc12. The highest BCUT2D eigenvalue weighted by Crippen LogP contribution is 2.33. The van der Waals surface area contributed by atoms with Gasteiger partial charge in [-0.3, -0.25) is 9.69 Å². The molecule has 1 amide bonds. The van der Waals surface area contributed by atoms with Gasteiger partial charge in [0.1, 0.15) is 0 Å². The summed E-state index contributed by atoms with van der Waals surface area (Å²) in [6, 6.07) is 8.73. The highest BCUT2D eigenvalue weighted by molar-refractivity contribution is 7.22. The highest BCUT2D eigenvalue weighted by Gasteiger charge is 2.31. The van der Waals surface area contributed by atoms with Crippen LogP contribution in [0.4, 0.5) is 18.3 Å². The van der Waals surface area contributed by atoms with Crippen LogP contribution in [0.2, 0.25) is 0 Å². The maximum Gasteiger partial charge on any atom is 0.416 e. The third kappa shape index (κ3) is 4.88. The first-order chi connectivity index (χ1) is 15.2. The van der Waals surface area contributed by atoms with Gasteiger partial charge >= 0.3 is 6.18 Å². The predicted molar refractivity (Wildman–Crippen MR) is 122 cm³/mol. The van der Waals surface area contributed by atoms with E-state index in [1.165, 1.54) is 28.0 Å². The van der Waals surface area contributed by atoms with Crippen LogP contribution in [-0.2, 0) is 6.18 Å². The van der Waals surface area contributed by atoms with E-state index in [0.29, 0.717) is 13.1 Å². The van der Waals surface area contributed by atoms with E-state index in [1.807, 2.05) is 0 Å². The molecule has 0 bridgehead atoms. The fourth-order valence-corrected chi connectivity index (χ4v) is 4.98. The molecule has 1 saturated heterocycles. The summed E-state index contributed by atoms with van der Waals surface area (Å²) in [6.45, 7) is 8.59. The monoisotopic (exact) mass is 462 g/mol. The lowest BCUT2D eigenvalue weighted by atomic mass is 10.1. The van der Waals surface area contributed by atoms with Gasteiger partial charge in [0.2, 0.25) is 0 Å². The summed E-state index contributed by atoms with van der Waals surface area (Å²) in [6.07, 6.45) is -4.46. The Kier molecular flexibility index (Phi) is 6.39. The van der Waals surface area contributed by atoms with Gasteiger partial charge in [0.05, 0.1) is 15.8 Å². The topological polar surface area (TPSA) is 48.5 Å². The molecule has 3 aromatic rings. The molecule has 0 atom stereocenters. The molecule has 5 nitrogen and oxygen atoms in total. The minimum Gasteiger partial charge on any atom is -0.351 e. The number of aryl methyl sites for hydroxylation is 2. The molecule has 1 fully saturated rings. The number of nitrogens with zero attached hydrogens (tertiary/aromatic N) is 3. The normalized spacial score (nSPS) is 15.3. The van der Waals surface area contributed by atoms with Gasteiger partial charge in [0.25, 0.3) is 5.91 Å². The van der Waals surface area contributed by atoms with Crippen molar-refractivity contribution in [1.29, 1.82) is 0 Å². The summed E-state index contributed by atoms with van der Waals surface area (Å²) >= 11 is 1.73. The number of nitrogens with one attached hydrogen (secondary N) is 1. The molecular formula is C23H25F3N4OS. The van der Waals surface area contributed by atoms with Crippen LogP contribution in [0, 0.1) is 13.8 Å². The van der Waals surface area contributed by atoms with Gasteiger partial charge < -0.3 is 10.2 Å². The number of hydrogen-bond donors (Lipinski definition) is 1. The number of fused-ring (bicyclic) bond motifs is 1. The molecule has 1 aromatic heterocycles. The van der Waals surface area contributed by atoms with Crippen LogP contribution in [0.1, 0.15) is 27.0 Å². The average Bonchev–Trinajstić information content (AvgIpc) is 3.23. The molecular weight excluding hydrogens is 437 g/mol. The van der Waals surface area contributed by atoms with Gasteiger partial charge in [0.15, 0.2) is 5.13 Å². The Labute approximate surface area is 188 Å². The predicted octanol–water partition coefficient (Wildman–Crippen LogP) is 4.48. The molecule has 170 valence electrons. The number of rotatable bonds is 5. The Morgan fingerprint density at radius 2 is 1.81 bits per heavy atom. The first kappa shape index (κ1) is 22.5. The summed E-state index contributed by atoms with van der Waals surface area (Å²) in [4.78, 5) is 21.6. The van der Waals surface area contributed by atoms with Gasteiger partial charge in [-0.05, 0) is 43.2 Å². The Hall–Kier alpha value is -2.65. The maximum absolute atomic E-state index is 12.8. The molecule has 2 heterocycles. The van der Waals surface area contributed by atoms with Crippen LogP contribution in [0.3, 0.4) is 0 Å². The first-order valence-corrected chi connectivity index (χ1v) is 11.3. The minimum absolute atomic E-state index is 0.0195. The second-order valence-corrected chi connectivity index (χ2v) is 9.01. The van der Waals surface area contributed by atoms with Crippen molar-refractivity contribution in [2.45, 2.75) is 20.0 Å². The molecule has 2 aromatic carbocycles. The van der Waals surface area contributed by atoms with Gasteiger partial charge in [-0.1, -0.05) is 29.5 Å². The van der Waals surface area contributed by atoms with Crippen LogP contribution in [-0.4, -0.2) is 55.1 Å². The quantitative estimate of drug-likeness (QED) is 0.607. The standard InChI is InChI=1S/C23H25F3N4OS/c1-15-6-7-16(2)20-19(15)28-22(32-20)30-12-10-29(11-13-30)9-8-27-21(31)17-4-3-5-18(14-17)23(24,25)26/h3-7,14H,8-13H2,1-2H3,(H,27,31). The molecule has 4 rings (SSSR count). The van der Waals surface area contributed by atoms with Crippen molar-refractivity contribution in [2.75, 3.05) is 44.2 Å². The third-order valence-corrected chi connectivity index (χ3v) is 6.99. The Morgan fingerprint density at radius 3 is 2.50 bits per heavy atom. The number of hydrogen-bond acceptors (Lipinski definition) is 5. The molecule has 32 heavy (non-hydrogen) atoms. The largest absolute Gasteiger partial charge is 0.416 e. The number of aromatic nitrogens is 1. The van der Waals surface area contributed by atoms with Crippen LogP contribution in [0.25, 0.3) is 10.2 Å². The number of piperazine rings is 1. The maximum atomic E-state index is 12.8. The lowest BCUT2D eigenvalue weighted by molar-refractivity contribution is -0.137. The van der Waals surface area contributed by atoms with E-state index in [9.17, 15) is 18.0 Å². The van der Waals surface area contributed by atoms with E-state index in [1.54, 1.807) is 11.3 Å². The van der Waals surface area contributed by atoms with Crippen LogP contribution < -0.4 is 10.2 Å². The van der Waals surface area contributed by atoms with E-state index >= 15 is 0 Å². The van der Waals surface area contributed by atoms with Gasteiger partial charge in [0, 0.05) is 44.8 Å². The van der Waals surface area contributed by atoms with Crippen molar-refractivity contribution in [3.05, 3.63) is 58.7 Å². The number of thiazole rings is 1. The van der Waals surface area contributed by atoms with Crippen molar-refractivity contribution in [3.63, 3.8) is 0 Å². The first-order valence-electron chi connectivity index (χ1n) is 10.5. The van der Waals surface area contributed by atoms with Crippen molar-refractivity contribution in [1.82, 2.24) is 15.2 Å². The zero-order valence-corrected chi connectivity index (χ0v) is 18.8. The lowest BCUT2D eigenvalue weighted by Crippen LogP contribution is -2.48. The summed E-state index contributed by atoms with van der Waals surface area (Å²) in [5.74, 6) is -0.491. The number of carbonyl (C=O) groups excluding carboxylic acids is 1. The summed E-state index contributed by atoms with van der Waals surface area (Å²) in [5.41, 5.74) is 2.70. The third-order valence-electron chi connectivity index (χ3n) is 5.74. The van der Waals surface area contributed by atoms with Crippen LogP contribution >= 0.6 is 11.3 Å². The summed E-state index contributed by atoms with van der Waals surface area (Å²) < 4.78 is 39.7. The second kappa shape index (κ2) is 9.07. The van der Waals surface area contributed by atoms with Crippen molar-refractivity contribution in [3.8, 4) is 0 Å². The van der Waals surface area contributed by atoms with Gasteiger partial charge in [-0.2, -0.15) is 13.2 Å². The van der Waals surface area contributed by atoms with E-state index in [4.69, 9.17) is 4.98 Å². The van der Waals surface area contributed by atoms with Gasteiger partial charge in [-0.15, -0.1) is 0 Å². The average molecular weight is 463 g/mol. The van der Waals surface area contributed by atoms with Gasteiger partial charge in [-0.25, -0.2) is 4.98 Å².